The number of aromatic nitrogens is 3. The highest BCUT2D eigenvalue weighted by Crippen LogP contribution is 2.22. The van der Waals surface area contributed by atoms with E-state index in [9.17, 15) is 9.90 Å². The van der Waals surface area contributed by atoms with Gasteiger partial charge in [-0.05, 0) is 18.6 Å². The van der Waals surface area contributed by atoms with Crippen molar-refractivity contribution in [1.29, 1.82) is 0 Å². The van der Waals surface area contributed by atoms with Crippen molar-refractivity contribution in [3.8, 4) is 11.3 Å². The summed E-state index contributed by atoms with van der Waals surface area (Å²) in [5.74, 6) is 0.00245. The van der Waals surface area contributed by atoms with Crippen molar-refractivity contribution in [3.63, 3.8) is 0 Å². The summed E-state index contributed by atoms with van der Waals surface area (Å²) >= 11 is 0. The molecule has 0 radical (unpaired) electrons. The number of hydrogen-bond donors (Lipinski definition) is 1. The number of nitrogens with zero attached hydrogens (tertiary/aromatic N) is 5. The van der Waals surface area contributed by atoms with E-state index in [1.807, 2.05) is 31.0 Å². The molecule has 0 aliphatic carbocycles. The molecule has 25 heavy (non-hydrogen) atoms. The fourth-order valence-corrected chi connectivity index (χ4v) is 3.09. The Hall–Kier alpha value is -2.25. The third-order valence-electron chi connectivity index (χ3n) is 4.59. The third kappa shape index (κ3) is 4.05. The predicted molar refractivity (Wildman–Crippen MR) is 95.1 cm³/mol. The van der Waals surface area contributed by atoms with Crippen LogP contribution in [0.5, 0.6) is 0 Å². The van der Waals surface area contributed by atoms with Crippen molar-refractivity contribution < 1.29 is 9.90 Å². The van der Waals surface area contributed by atoms with Gasteiger partial charge >= 0.3 is 0 Å². The van der Waals surface area contributed by atoms with E-state index in [1.54, 1.807) is 23.3 Å². The summed E-state index contributed by atoms with van der Waals surface area (Å²) in [6.07, 6.45) is 5.67. The second-order valence-corrected chi connectivity index (χ2v) is 6.46. The van der Waals surface area contributed by atoms with Gasteiger partial charge in [0.15, 0.2) is 0 Å². The second kappa shape index (κ2) is 7.76. The molecule has 1 aliphatic rings. The van der Waals surface area contributed by atoms with Gasteiger partial charge in [0.05, 0.1) is 11.7 Å². The average Bonchev–Trinajstić information content (AvgIpc) is 3.04. The second-order valence-electron chi connectivity index (χ2n) is 6.46. The van der Waals surface area contributed by atoms with E-state index < -0.39 is 0 Å². The molecule has 7 heteroatoms. The van der Waals surface area contributed by atoms with E-state index in [-0.39, 0.29) is 12.0 Å². The zero-order valence-electron chi connectivity index (χ0n) is 14.8. The van der Waals surface area contributed by atoms with Crippen LogP contribution in [0.1, 0.15) is 23.7 Å². The van der Waals surface area contributed by atoms with E-state index in [1.165, 1.54) is 0 Å². The maximum Gasteiger partial charge on any atom is 0.257 e. The number of aliphatic hydroxyl groups excluding tert-OH is 1. The summed E-state index contributed by atoms with van der Waals surface area (Å²) in [5.41, 5.74) is 2.12. The molecule has 134 valence electrons. The minimum absolute atomic E-state index is 0.00245. The molecule has 0 aromatic carbocycles. The van der Waals surface area contributed by atoms with Crippen LogP contribution in [0.3, 0.4) is 0 Å². The molecule has 1 aliphatic heterocycles. The van der Waals surface area contributed by atoms with Gasteiger partial charge in [0.25, 0.3) is 5.91 Å². The molecular formula is C18H25N5O2. The van der Waals surface area contributed by atoms with Gasteiger partial charge < -0.3 is 10.0 Å². The molecule has 0 spiro atoms. The highest BCUT2D eigenvalue weighted by atomic mass is 16.3. The van der Waals surface area contributed by atoms with E-state index in [0.29, 0.717) is 30.9 Å². The predicted octanol–water partition coefficient (Wildman–Crippen LogP) is 1.01. The van der Waals surface area contributed by atoms with Crippen LogP contribution in [0.4, 0.5) is 0 Å². The zero-order chi connectivity index (χ0) is 17.8. The summed E-state index contributed by atoms with van der Waals surface area (Å²) in [7, 11) is 1.82. The molecule has 3 heterocycles. The van der Waals surface area contributed by atoms with Gasteiger partial charge in [-0.15, -0.1) is 0 Å². The number of β-amino-alcohol motifs (C(OH)–C–C–N with tert-alkyl or cyclic N) is 1. The number of amides is 1. The number of piperazine rings is 1. The van der Waals surface area contributed by atoms with Crippen molar-refractivity contribution >= 4 is 5.91 Å². The van der Waals surface area contributed by atoms with Crippen molar-refractivity contribution in [2.75, 3.05) is 32.7 Å². The van der Waals surface area contributed by atoms with Crippen LogP contribution < -0.4 is 0 Å². The molecule has 1 unspecified atom stereocenters. The molecule has 7 nitrogen and oxygen atoms in total. The molecule has 0 bridgehead atoms. The average molecular weight is 343 g/mol. The summed E-state index contributed by atoms with van der Waals surface area (Å²) < 4.78 is 1.67. The SMILES string of the molecule is CCC(O)CN1CCN(C(=O)c2cn(C)nc2-c2cccnc2)CC1. The number of hydrogen-bond acceptors (Lipinski definition) is 5. The Morgan fingerprint density at radius 1 is 1.32 bits per heavy atom. The number of rotatable bonds is 5. The monoisotopic (exact) mass is 343 g/mol. The molecule has 1 saturated heterocycles. The molecular weight excluding hydrogens is 318 g/mol. The molecule has 2 aromatic heterocycles. The maximum atomic E-state index is 13.0. The lowest BCUT2D eigenvalue weighted by molar-refractivity contribution is 0.0524. The van der Waals surface area contributed by atoms with Crippen LogP contribution >= 0.6 is 0 Å². The summed E-state index contributed by atoms with van der Waals surface area (Å²) in [5, 5.41) is 14.2. The summed E-state index contributed by atoms with van der Waals surface area (Å²) in [6, 6.07) is 3.76. The van der Waals surface area contributed by atoms with Crippen LogP contribution in [-0.4, -0.2) is 74.4 Å². The summed E-state index contributed by atoms with van der Waals surface area (Å²) in [4.78, 5) is 21.2. The van der Waals surface area contributed by atoms with Crippen LogP contribution in [-0.2, 0) is 7.05 Å². The van der Waals surface area contributed by atoms with Gasteiger partial charge in [-0.3, -0.25) is 19.4 Å². The van der Waals surface area contributed by atoms with Gasteiger partial charge in [0.1, 0.15) is 5.69 Å². The Bertz CT molecular complexity index is 708. The van der Waals surface area contributed by atoms with Crippen molar-refractivity contribution in [2.45, 2.75) is 19.4 Å². The van der Waals surface area contributed by atoms with Crippen molar-refractivity contribution in [2.24, 2.45) is 7.05 Å². The van der Waals surface area contributed by atoms with Crippen LogP contribution in [0.2, 0.25) is 0 Å². The van der Waals surface area contributed by atoms with E-state index >= 15 is 0 Å². The Morgan fingerprint density at radius 2 is 2.08 bits per heavy atom. The fourth-order valence-electron chi connectivity index (χ4n) is 3.09. The van der Waals surface area contributed by atoms with Gasteiger partial charge in [-0.25, -0.2) is 0 Å². The van der Waals surface area contributed by atoms with E-state index in [0.717, 1.165) is 25.1 Å². The standard InChI is InChI=1S/C18H25N5O2/c1-3-15(24)12-22-7-9-23(10-8-22)18(25)16-13-21(2)20-17(16)14-5-4-6-19-11-14/h4-6,11,13,15,24H,3,7-10,12H2,1-2H3. The van der Waals surface area contributed by atoms with Gasteiger partial charge in [0, 0.05) is 63.9 Å². The minimum atomic E-state index is -0.294. The molecule has 3 rings (SSSR count). The molecule has 0 saturated carbocycles. The summed E-state index contributed by atoms with van der Waals surface area (Å²) in [6.45, 7) is 5.54. The number of carbonyl (C=O) groups excluding carboxylic acids is 1. The molecule has 1 atom stereocenters. The highest BCUT2D eigenvalue weighted by molar-refractivity contribution is 5.99. The van der Waals surface area contributed by atoms with Crippen molar-refractivity contribution in [3.05, 3.63) is 36.3 Å². The maximum absolute atomic E-state index is 13.0. The Labute approximate surface area is 147 Å². The quantitative estimate of drug-likeness (QED) is 0.877. The Morgan fingerprint density at radius 3 is 2.72 bits per heavy atom. The van der Waals surface area contributed by atoms with Gasteiger partial charge in [-0.2, -0.15) is 5.10 Å². The van der Waals surface area contributed by atoms with Crippen molar-refractivity contribution in [1.82, 2.24) is 24.6 Å². The lowest BCUT2D eigenvalue weighted by atomic mass is 10.1. The van der Waals surface area contributed by atoms with Gasteiger partial charge in [0.2, 0.25) is 0 Å². The largest absolute Gasteiger partial charge is 0.392 e. The molecule has 2 aromatic rings. The zero-order valence-corrected chi connectivity index (χ0v) is 14.8. The first-order valence-electron chi connectivity index (χ1n) is 8.72. The van der Waals surface area contributed by atoms with E-state index in [2.05, 4.69) is 15.0 Å². The van der Waals surface area contributed by atoms with Crippen LogP contribution in [0.25, 0.3) is 11.3 Å². The number of carbonyl (C=O) groups is 1. The van der Waals surface area contributed by atoms with Crippen LogP contribution in [0, 0.1) is 0 Å². The topological polar surface area (TPSA) is 74.5 Å². The highest BCUT2D eigenvalue weighted by Gasteiger charge is 2.26. The van der Waals surface area contributed by atoms with Crippen LogP contribution in [0.15, 0.2) is 30.7 Å². The lowest BCUT2D eigenvalue weighted by Gasteiger charge is -2.35. The normalized spacial score (nSPS) is 16.8. The first-order chi connectivity index (χ1) is 12.1. The molecule has 1 N–H and O–H groups in total. The fraction of sp³-hybridized carbons (Fsp3) is 0.500. The van der Waals surface area contributed by atoms with E-state index in [4.69, 9.17) is 0 Å². The Balaban J connectivity index is 1.71. The third-order valence-corrected chi connectivity index (χ3v) is 4.59. The number of aliphatic hydroxyl groups is 1. The first kappa shape index (κ1) is 17.6. The number of aryl methyl sites for hydroxylation is 1. The molecule has 1 fully saturated rings. The first-order valence-corrected chi connectivity index (χ1v) is 8.72. The van der Waals surface area contributed by atoms with Gasteiger partial charge in [-0.1, -0.05) is 6.92 Å². The lowest BCUT2D eigenvalue weighted by Crippen LogP contribution is -2.50. The minimum Gasteiger partial charge on any atom is -0.392 e. The Kier molecular flexibility index (Phi) is 5.45. The molecule has 1 amide bonds. The number of pyridine rings is 1. The smallest absolute Gasteiger partial charge is 0.257 e.